The fourth-order valence-corrected chi connectivity index (χ4v) is 5.12. The molecule has 0 atom stereocenters. The molecule has 1 aliphatic heterocycles. The van der Waals surface area contributed by atoms with Gasteiger partial charge in [-0.3, -0.25) is 9.78 Å². The maximum atomic E-state index is 12.9. The quantitative estimate of drug-likeness (QED) is 0.623. The van der Waals surface area contributed by atoms with Crippen molar-refractivity contribution < 1.29 is 9.32 Å². The van der Waals surface area contributed by atoms with E-state index in [4.69, 9.17) is 9.51 Å². The van der Waals surface area contributed by atoms with E-state index in [0.717, 1.165) is 54.5 Å². The van der Waals surface area contributed by atoms with Crippen LogP contribution in [0, 0.1) is 12.8 Å². The Kier molecular flexibility index (Phi) is 4.70. The molecule has 4 heterocycles. The van der Waals surface area contributed by atoms with Gasteiger partial charge in [0.2, 0.25) is 0 Å². The third-order valence-corrected chi connectivity index (χ3v) is 7.15. The summed E-state index contributed by atoms with van der Waals surface area (Å²) in [6.45, 7) is 3.51. The number of carbonyl (C=O) groups excluding carboxylic acids is 1. The lowest BCUT2D eigenvalue weighted by atomic mass is 9.73. The molecule has 7 heteroatoms. The summed E-state index contributed by atoms with van der Waals surface area (Å²) < 4.78 is 5.61. The second-order valence-electron chi connectivity index (χ2n) is 8.29. The van der Waals surface area contributed by atoms with Gasteiger partial charge in [0.15, 0.2) is 5.82 Å². The zero-order valence-electron chi connectivity index (χ0n) is 16.5. The molecule has 6 nitrogen and oxygen atoms in total. The highest BCUT2D eigenvalue weighted by atomic mass is 32.1. The normalized spacial score (nSPS) is 18.7. The molecule has 0 unspecified atom stereocenters. The Morgan fingerprint density at radius 3 is 2.62 bits per heavy atom. The number of pyridine rings is 1. The van der Waals surface area contributed by atoms with Gasteiger partial charge in [0.05, 0.1) is 4.88 Å². The zero-order valence-corrected chi connectivity index (χ0v) is 17.3. The van der Waals surface area contributed by atoms with Crippen molar-refractivity contribution in [3.05, 3.63) is 52.2 Å². The molecule has 29 heavy (non-hydrogen) atoms. The van der Waals surface area contributed by atoms with E-state index in [9.17, 15) is 4.79 Å². The number of thiophene rings is 1. The van der Waals surface area contributed by atoms with Gasteiger partial charge < -0.3 is 9.42 Å². The highest BCUT2D eigenvalue weighted by Gasteiger charge is 2.45. The van der Waals surface area contributed by atoms with E-state index >= 15 is 0 Å². The average molecular weight is 409 g/mol. The Labute approximate surface area is 174 Å². The number of hydrogen-bond acceptors (Lipinski definition) is 6. The minimum atomic E-state index is -0.0991. The molecule has 2 aliphatic rings. The number of aryl methyl sites for hydroxylation is 1. The fourth-order valence-electron chi connectivity index (χ4n) is 4.29. The predicted octanol–water partition coefficient (Wildman–Crippen LogP) is 4.48. The Morgan fingerprint density at radius 2 is 1.97 bits per heavy atom. The molecular weight excluding hydrogens is 384 g/mol. The number of rotatable bonds is 5. The van der Waals surface area contributed by atoms with E-state index in [1.807, 2.05) is 36.1 Å². The van der Waals surface area contributed by atoms with Crippen LogP contribution in [0.25, 0.3) is 11.5 Å². The van der Waals surface area contributed by atoms with Crippen molar-refractivity contribution in [1.29, 1.82) is 0 Å². The van der Waals surface area contributed by atoms with Gasteiger partial charge in [0.25, 0.3) is 11.8 Å². The summed E-state index contributed by atoms with van der Waals surface area (Å²) >= 11 is 1.57. The Bertz CT molecular complexity index is 1000. The molecule has 3 aromatic heterocycles. The third kappa shape index (κ3) is 3.71. The number of amides is 1. The summed E-state index contributed by atoms with van der Waals surface area (Å²) in [7, 11) is 0. The molecule has 1 saturated heterocycles. The fraction of sp³-hybridized carbons (Fsp3) is 0.455. The highest BCUT2D eigenvalue weighted by molar-refractivity contribution is 7.13. The van der Waals surface area contributed by atoms with Gasteiger partial charge in [0.1, 0.15) is 0 Å². The summed E-state index contributed by atoms with van der Waals surface area (Å²) in [5.74, 6) is 2.24. The monoisotopic (exact) mass is 408 g/mol. The SMILES string of the molecule is Cc1ccc(C(=O)N2CCC(CC3CC3)(c3noc(-c4ccncc4)n3)CC2)s1. The molecule has 1 saturated carbocycles. The third-order valence-electron chi connectivity index (χ3n) is 6.16. The molecule has 0 aromatic carbocycles. The molecular formula is C22H24N4O2S. The van der Waals surface area contributed by atoms with Crippen LogP contribution in [0.4, 0.5) is 0 Å². The number of piperidine rings is 1. The molecule has 2 fully saturated rings. The van der Waals surface area contributed by atoms with E-state index < -0.39 is 0 Å². The number of nitrogens with zero attached hydrogens (tertiary/aromatic N) is 4. The van der Waals surface area contributed by atoms with Gasteiger partial charge in [0, 0.05) is 41.3 Å². The summed E-state index contributed by atoms with van der Waals surface area (Å²) in [6, 6.07) is 7.72. The number of hydrogen-bond donors (Lipinski definition) is 0. The minimum Gasteiger partial charge on any atom is -0.338 e. The molecule has 1 amide bonds. The largest absolute Gasteiger partial charge is 0.338 e. The van der Waals surface area contributed by atoms with Gasteiger partial charge in [-0.1, -0.05) is 18.0 Å². The maximum Gasteiger partial charge on any atom is 0.263 e. The van der Waals surface area contributed by atoms with Gasteiger partial charge in [-0.25, -0.2) is 0 Å². The first-order chi connectivity index (χ1) is 14.1. The van der Waals surface area contributed by atoms with Crippen molar-refractivity contribution in [2.24, 2.45) is 5.92 Å². The predicted molar refractivity (Wildman–Crippen MR) is 111 cm³/mol. The summed E-state index contributed by atoms with van der Waals surface area (Å²) in [5.41, 5.74) is 0.791. The van der Waals surface area contributed by atoms with Gasteiger partial charge in [-0.05, 0) is 56.4 Å². The number of aromatic nitrogens is 3. The molecule has 3 aromatic rings. The van der Waals surface area contributed by atoms with Crippen molar-refractivity contribution in [1.82, 2.24) is 20.0 Å². The first kappa shape index (κ1) is 18.5. The lowest BCUT2D eigenvalue weighted by Crippen LogP contribution is -2.45. The van der Waals surface area contributed by atoms with E-state index in [2.05, 4.69) is 10.1 Å². The molecule has 0 spiro atoms. The number of likely N-dealkylation sites (tertiary alicyclic amines) is 1. The van der Waals surface area contributed by atoms with Crippen LogP contribution in [-0.2, 0) is 5.41 Å². The second-order valence-corrected chi connectivity index (χ2v) is 9.58. The van der Waals surface area contributed by atoms with Gasteiger partial charge in [-0.2, -0.15) is 4.98 Å². The van der Waals surface area contributed by atoms with E-state index in [1.54, 1.807) is 23.7 Å². The summed E-state index contributed by atoms with van der Waals surface area (Å²) in [4.78, 5) is 25.7. The zero-order chi connectivity index (χ0) is 19.8. The van der Waals surface area contributed by atoms with Crippen molar-refractivity contribution in [2.75, 3.05) is 13.1 Å². The van der Waals surface area contributed by atoms with Crippen molar-refractivity contribution in [2.45, 2.75) is 44.4 Å². The van der Waals surface area contributed by atoms with Crippen LogP contribution in [0.15, 0.2) is 41.2 Å². The lowest BCUT2D eigenvalue weighted by molar-refractivity contribution is 0.0650. The molecule has 0 N–H and O–H groups in total. The molecule has 5 rings (SSSR count). The Morgan fingerprint density at radius 1 is 1.21 bits per heavy atom. The van der Waals surface area contributed by atoms with Crippen LogP contribution in [0.5, 0.6) is 0 Å². The van der Waals surface area contributed by atoms with Crippen LogP contribution >= 0.6 is 11.3 Å². The Balaban J connectivity index is 1.36. The Hall–Kier alpha value is -2.54. The van der Waals surface area contributed by atoms with Gasteiger partial charge in [-0.15, -0.1) is 11.3 Å². The maximum absolute atomic E-state index is 12.9. The number of carbonyl (C=O) groups is 1. The second kappa shape index (κ2) is 7.37. The van der Waals surface area contributed by atoms with Crippen LogP contribution in [0.3, 0.4) is 0 Å². The topological polar surface area (TPSA) is 72.1 Å². The molecule has 1 aliphatic carbocycles. The summed E-state index contributed by atoms with van der Waals surface area (Å²) in [5, 5.41) is 4.39. The smallest absolute Gasteiger partial charge is 0.263 e. The van der Waals surface area contributed by atoms with Crippen LogP contribution in [0.2, 0.25) is 0 Å². The molecule has 150 valence electrons. The highest BCUT2D eigenvalue weighted by Crippen LogP contribution is 2.47. The minimum absolute atomic E-state index is 0.0991. The standard InChI is InChI=1S/C22H24N4O2S/c1-15-2-5-18(29-15)20(27)26-12-8-22(9-13-26,14-16-3-4-16)21-24-19(28-25-21)17-6-10-23-11-7-17/h2,5-7,10-11,16H,3-4,8-9,12-14H2,1H3. The van der Waals surface area contributed by atoms with E-state index in [-0.39, 0.29) is 11.3 Å². The van der Waals surface area contributed by atoms with Crippen LogP contribution in [-0.4, -0.2) is 39.0 Å². The van der Waals surface area contributed by atoms with Crippen LogP contribution in [0.1, 0.15) is 52.5 Å². The van der Waals surface area contributed by atoms with Crippen molar-refractivity contribution in [3.63, 3.8) is 0 Å². The molecule has 0 radical (unpaired) electrons. The van der Waals surface area contributed by atoms with Gasteiger partial charge >= 0.3 is 0 Å². The van der Waals surface area contributed by atoms with Crippen LogP contribution < -0.4 is 0 Å². The lowest BCUT2D eigenvalue weighted by Gasteiger charge is -2.40. The summed E-state index contributed by atoms with van der Waals surface area (Å²) in [6.07, 6.45) is 8.89. The van der Waals surface area contributed by atoms with E-state index in [0.29, 0.717) is 5.89 Å². The average Bonchev–Trinajstić information content (AvgIpc) is 3.24. The van der Waals surface area contributed by atoms with Crippen molar-refractivity contribution in [3.8, 4) is 11.5 Å². The first-order valence-electron chi connectivity index (χ1n) is 10.2. The first-order valence-corrected chi connectivity index (χ1v) is 11.0. The molecule has 0 bridgehead atoms. The van der Waals surface area contributed by atoms with E-state index in [1.165, 1.54) is 17.7 Å². The van der Waals surface area contributed by atoms with Crippen molar-refractivity contribution >= 4 is 17.2 Å².